The Balaban J connectivity index is 1.37. The van der Waals surface area contributed by atoms with Crippen LogP contribution in [0.3, 0.4) is 0 Å². The number of likely N-dealkylation sites (tertiary alicyclic amines) is 1. The van der Waals surface area contributed by atoms with Gasteiger partial charge in [-0.2, -0.15) is 5.10 Å². The Labute approximate surface area is 136 Å². The number of aromatic amines is 1. The number of hydrogen-bond donors (Lipinski definition) is 1. The zero-order valence-electron chi connectivity index (χ0n) is 13.5. The highest BCUT2D eigenvalue weighted by Gasteiger charge is 2.35. The minimum Gasteiger partial charge on any atom is -0.458 e. The topological polar surface area (TPSA) is 54.3 Å². The summed E-state index contributed by atoms with van der Waals surface area (Å²) in [6.07, 6.45) is 7.31. The average Bonchev–Trinajstić information content (AvgIpc) is 3.21. The Morgan fingerprint density at radius 3 is 2.87 bits per heavy atom. The van der Waals surface area contributed by atoms with Gasteiger partial charge in [0.05, 0.1) is 18.8 Å². The second kappa shape index (κ2) is 5.98. The molecule has 0 aromatic carbocycles. The van der Waals surface area contributed by atoms with E-state index in [1.807, 2.05) is 12.1 Å². The molecule has 0 saturated carbocycles. The highest BCUT2D eigenvalue weighted by Crippen LogP contribution is 2.33. The summed E-state index contributed by atoms with van der Waals surface area (Å²) in [7, 11) is 0. The Morgan fingerprint density at radius 1 is 1.26 bits per heavy atom. The van der Waals surface area contributed by atoms with Gasteiger partial charge in [-0.1, -0.05) is 11.6 Å². The molecule has 0 amide bonds. The normalized spacial score (nSPS) is 21.5. The molecular formula is C18H23N3O2. The highest BCUT2D eigenvalue weighted by atomic mass is 16.5. The summed E-state index contributed by atoms with van der Waals surface area (Å²) in [5.41, 5.74) is 2.38. The number of nitrogens with one attached hydrogen (secondary N) is 1. The van der Waals surface area contributed by atoms with Gasteiger partial charge in [-0.15, -0.1) is 0 Å². The van der Waals surface area contributed by atoms with Crippen LogP contribution in [0.25, 0.3) is 11.5 Å². The van der Waals surface area contributed by atoms with Gasteiger partial charge in [0.1, 0.15) is 11.5 Å². The molecule has 5 nitrogen and oxygen atoms in total. The summed E-state index contributed by atoms with van der Waals surface area (Å²) in [6, 6.07) is 5.98. The van der Waals surface area contributed by atoms with Crippen molar-refractivity contribution >= 4 is 0 Å². The summed E-state index contributed by atoms with van der Waals surface area (Å²) < 4.78 is 12.0. The molecule has 0 bridgehead atoms. The third-order valence-corrected chi connectivity index (χ3v) is 4.91. The second-order valence-electron chi connectivity index (χ2n) is 6.67. The molecular weight excluding hydrogens is 290 g/mol. The van der Waals surface area contributed by atoms with Crippen molar-refractivity contribution in [3.8, 4) is 11.5 Å². The third kappa shape index (κ3) is 3.12. The molecule has 0 aliphatic carbocycles. The minimum absolute atomic E-state index is 0.0108. The molecule has 1 spiro atoms. The Morgan fingerprint density at radius 2 is 2.13 bits per heavy atom. The largest absolute Gasteiger partial charge is 0.458 e. The molecule has 23 heavy (non-hydrogen) atoms. The van der Waals surface area contributed by atoms with Crippen LogP contribution in [0.5, 0.6) is 0 Å². The third-order valence-electron chi connectivity index (χ3n) is 4.91. The van der Waals surface area contributed by atoms with Gasteiger partial charge in [0.2, 0.25) is 0 Å². The maximum Gasteiger partial charge on any atom is 0.152 e. The van der Waals surface area contributed by atoms with E-state index in [2.05, 4.69) is 34.2 Å². The van der Waals surface area contributed by atoms with Crippen molar-refractivity contribution in [3.05, 3.63) is 41.8 Å². The maximum atomic E-state index is 6.09. The summed E-state index contributed by atoms with van der Waals surface area (Å²) >= 11 is 0. The quantitative estimate of drug-likeness (QED) is 0.883. The van der Waals surface area contributed by atoms with Gasteiger partial charge in [0.15, 0.2) is 5.76 Å². The van der Waals surface area contributed by atoms with Crippen molar-refractivity contribution < 1.29 is 9.15 Å². The lowest BCUT2D eigenvalue weighted by Crippen LogP contribution is -2.46. The first-order valence-electron chi connectivity index (χ1n) is 8.36. The number of H-pyrrole nitrogens is 1. The Kier molecular flexibility index (Phi) is 3.83. The fourth-order valence-electron chi connectivity index (χ4n) is 3.58. The average molecular weight is 313 g/mol. The summed E-state index contributed by atoms with van der Waals surface area (Å²) in [5, 5.41) is 6.90. The number of hydrogen-bond acceptors (Lipinski definition) is 4. The van der Waals surface area contributed by atoms with E-state index in [0.717, 1.165) is 62.7 Å². The van der Waals surface area contributed by atoms with Crippen molar-refractivity contribution in [3.63, 3.8) is 0 Å². The van der Waals surface area contributed by atoms with Crippen molar-refractivity contribution in [1.29, 1.82) is 0 Å². The Hall–Kier alpha value is -1.85. The van der Waals surface area contributed by atoms with Crippen LogP contribution in [0.4, 0.5) is 0 Å². The highest BCUT2D eigenvalue weighted by molar-refractivity contribution is 5.51. The number of furan rings is 1. The lowest BCUT2D eigenvalue weighted by molar-refractivity contribution is -0.0583. The van der Waals surface area contributed by atoms with Gasteiger partial charge >= 0.3 is 0 Å². The zero-order chi connectivity index (χ0) is 15.7. The first-order chi connectivity index (χ1) is 11.2. The van der Waals surface area contributed by atoms with Gasteiger partial charge in [0.25, 0.3) is 0 Å². The van der Waals surface area contributed by atoms with E-state index in [1.54, 1.807) is 6.20 Å². The van der Waals surface area contributed by atoms with Crippen molar-refractivity contribution in [2.45, 2.75) is 38.3 Å². The number of rotatable bonds is 3. The van der Waals surface area contributed by atoms with Crippen LogP contribution in [-0.2, 0) is 11.3 Å². The molecule has 4 rings (SSSR count). The molecule has 1 N–H and O–H groups in total. The van der Waals surface area contributed by atoms with Crippen LogP contribution in [0.15, 0.2) is 40.5 Å². The molecule has 0 unspecified atom stereocenters. The van der Waals surface area contributed by atoms with Crippen LogP contribution in [0.1, 0.15) is 31.9 Å². The van der Waals surface area contributed by atoms with E-state index in [-0.39, 0.29) is 5.60 Å². The summed E-state index contributed by atoms with van der Waals surface area (Å²) in [4.78, 5) is 2.45. The standard InChI is InChI=1S/C18H23N3O2/c1-14-5-11-22-18(12-14)6-9-21(10-7-18)13-15-2-3-17(23-15)16-4-8-19-20-16/h2-4,8,12H,5-7,9-11,13H2,1H3,(H,19,20). The molecule has 0 atom stereocenters. The van der Waals surface area contributed by atoms with E-state index in [4.69, 9.17) is 9.15 Å². The SMILES string of the molecule is CC1=CC2(CCN(Cc3ccc(-c4ccn[nH]4)o3)CC2)OCC1. The molecule has 122 valence electrons. The lowest BCUT2D eigenvalue weighted by atomic mass is 9.87. The first kappa shape index (κ1) is 14.7. The van der Waals surface area contributed by atoms with E-state index >= 15 is 0 Å². The molecule has 5 heteroatoms. The molecule has 1 saturated heterocycles. The fraction of sp³-hybridized carbons (Fsp3) is 0.500. The summed E-state index contributed by atoms with van der Waals surface area (Å²) in [5.74, 6) is 1.85. The fourth-order valence-corrected chi connectivity index (χ4v) is 3.58. The lowest BCUT2D eigenvalue weighted by Gasteiger charge is -2.42. The smallest absolute Gasteiger partial charge is 0.152 e. The van der Waals surface area contributed by atoms with Gasteiger partial charge in [-0.05, 0) is 44.4 Å². The number of ether oxygens (including phenoxy) is 1. The molecule has 2 aliphatic heterocycles. The predicted octanol–water partition coefficient (Wildman–Crippen LogP) is 3.37. The van der Waals surface area contributed by atoms with Crippen molar-refractivity contribution in [1.82, 2.24) is 15.1 Å². The number of piperidine rings is 1. The van der Waals surface area contributed by atoms with Crippen LogP contribution in [0, 0.1) is 0 Å². The van der Waals surface area contributed by atoms with Crippen LogP contribution in [0.2, 0.25) is 0 Å². The van der Waals surface area contributed by atoms with Gasteiger partial charge < -0.3 is 9.15 Å². The molecule has 4 heterocycles. The predicted molar refractivity (Wildman–Crippen MR) is 87.9 cm³/mol. The van der Waals surface area contributed by atoms with Crippen LogP contribution >= 0.6 is 0 Å². The van der Waals surface area contributed by atoms with Crippen LogP contribution in [-0.4, -0.2) is 40.4 Å². The molecule has 2 aromatic rings. The molecule has 0 radical (unpaired) electrons. The maximum absolute atomic E-state index is 6.09. The monoisotopic (exact) mass is 313 g/mol. The summed E-state index contributed by atoms with van der Waals surface area (Å²) in [6.45, 7) is 6.03. The van der Waals surface area contributed by atoms with E-state index in [1.165, 1.54) is 5.57 Å². The van der Waals surface area contributed by atoms with Gasteiger partial charge in [-0.25, -0.2) is 0 Å². The van der Waals surface area contributed by atoms with Gasteiger partial charge in [0, 0.05) is 19.3 Å². The molecule has 1 fully saturated rings. The second-order valence-corrected chi connectivity index (χ2v) is 6.67. The minimum atomic E-state index is -0.0108. The zero-order valence-corrected chi connectivity index (χ0v) is 13.5. The van der Waals surface area contributed by atoms with Crippen LogP contribution < -0.4 is 0 Å². The number of aromatic nitrogens is 2. The van der Waals surface area contributed by atoms with Crippen molar-refractivity contribution in [2.24, 2.45) is 0 Å². The van der Waals surface area contributed by atoms with E-state index in [0.29, 0.717) is 0 Å². The molecule has 2 aliphatic rings. The molecule has 2 aromatic heterocycles. The Bertz CT molecular complexity index is 679. The van der Waals surface area contributed by atoms with E-state index in [9.17, 15) is 0 Å². The number of nitrogens with zero attached hydrogens (tertiary/aromatic N) is 2. The van der Waals surface area contributed by atoms with Crippen molar-refractivity contribution in [2.75, 3.05) is 19.7 Å². The first-order valence-corrected chi connectivity index (χ1v) is 8.36. The van der Waals surface area contributed by atoms with Gasteiger partial charge in [-0.3, -0.25) is 10.00 Å². The van der Waals surface area contributed by atoms with E-state index < -0.39 is 0 Å².